The summed E-state index contributed by atoms with van der Waals surface area (Å²) in [4.78, 5) is 12.2. The van der Waals surface area contributed by atoms with Crippen LogP contribution in [0, 0.1) is 15.1 Å². The molecule has 0 aliphatic carbocycles. The van der Waals surface area contributed by atoms with Gasteiger partial charge in [0.15, 0.2) is 3.77 Å². The van der Waals surface area contributed by atoms with Gasteiger partial charge in [0.2, 0.25) is 0 Å². The van der Waals surface area contributed by atoms with Crippen LogP contribution in [0.4, 0.5) is 5.69 Å². The number of ether oxygens (including phenoxy) is 1. The van der Waals surface area contributed by atoms with Crippen LogP contribution in [-0.2, 0) is 4.79 Å². The molecular formula is C15H10ClIN2O3. The zero-order valence-corrected chi connectivity index (χ0v) is 14.3. The van der Waals surface area contributed by atoms with Gasteiger partial charge in [-0.05, 0) is 52.9 Å². The van der Waals surface area contributed by atoms with Crippen LogP contribution in [0.5, 0.6) is 5.75 Å². The molecule has 1 N–H and O–H groups in total. The lowest BCUT2D eigenvalue weighted by molar-refractivity contribution is -0.112. The lowest BCUT2D eigenvalue weighted by atomic mass is 10.2. The van der Waals surface area contributed by atoms with Gasteiger partial charge in [-0.1, -0.05) is 11.6 Å². The summed E-state index contributed by atoms with van der Waals surface area (Å²) in [5, 5.41) is 12.2. The summed E-state index contributed by atoms with van der Waals surface area (Å²) in [6, 6.07) is 10.1. The van der Waals surface area contributed by atoms with Crippen molar-refractivity contribution in [2.24, 2.45) is 0 Å². The monoisotopic (exact) mass is 428 g/mol. The van der Waals surface area contributed by atoms with Gasteiger partial charge in [-0.2, -0.15) is 5.26 Å². The molecule has 1 aromatic heterocycles. The van der Waals surface area contributed by atoms with E-state index >= 15 is 0 Å². The number of benzene rings is 1. The predicted molar refractivity (Wildman–Crippen MR) is 91.6 cm³/mol. The van der Waals surface area contributed by atoms with E-state index in [0.29, 0.717) is 26.0 Å². The van der Waals surface area contributed by atoms with Gasteiger partial charge >= 0.3 is 0 Å². The molecule has 0 aliphatic rings. The molecule has 1 heterocycles. The maximum Gasteiger partial charge on any atom is 0.266 e. The molecule has 2 aromatic rings. The number of rotatable bonds is 4. The molecule has 1 amide bonds. The van der Waals surface area contributed by atoms with Crippen molar-refractivity contribution in [3.05, 3.63) is 50.5 Å². The molecule has 0 unspecified atom stereocenters. The topological polar surface area (TPSA) is 75.3 Å². The number of hydrogen-bond acceptors (Lipinski definition) is 4. The van der Waals surface area contributed by atoms with Crippen LogP contribution in [0.3, 0.4) is 0 Å². The number of carbonyl (C=O) groups is 1. The third-order valence-corrected chi connectivity index (χ3v) is 3.47. The predicted octanol–water partition coefficient (Wildman–Crippen LogP) is 4.09. The highest BCUT2D eigenvalue weighted by atomic mass is 127. The molecule has 2 rings (SSSR count). The standard InChI is InChI=1S/C15H10ClIN2O3/c1-21-13-4-2-10(16)7-12(13)19-15(20)9(8-18)6-11-3-5-14(17)22-11/h2-7H,1H3,(H,19,20)/b9-6+. The first-order valence-corrected chi connectivity index (χ1v) is 7.51. The van der Waals surface area contributed by atoms with Gasteiger partial charge < -0.3 is 14.5 Å². The maximum atomic E-state index is 12.2. The summed E-state index contributed by atoms with van der Waals surface area (Å²) in [6.07, 6.45) is 1.37. The summed E-state index contributed by atoms with van der Waals surface area (Å²) in [7, 11) is 1.48. The van der Waals surface area contributed by atoms with Crippen LogP contribution >= 0.6 is 34.2 Å². The van der Waals surface area contributed by atoms with E-state index in [0.717, 1.165) is 0 Å². The first kappa shape index (κ1) is 16.4. The van der Waals surface area contributed by atoms with Crippen molar-refractivity contribution in [1.82, 2.24) is 0 Å². The number of nitriles is 1. The van der Waals surface area contributed by atoms with Crippen molar-refractivity contribution in [1.29, 1.82) is 5.26 Å². The van der Waals surface area contributed by atoms with E-state index in [4.69, 9.17) is 26.0 Å². The van der Waals surface area contributed by atoms with Crippen LogP contribution in [0.25, 0.3) is 6.08 Å². The van der Waals surface area contributed by atoms with Crippen LogP contribution < -0.4 is 10.1 Å². The molecule has 1 aromatic carbocycles. The summed E-state index contributed by atoms with van der Waals surface area (Å²) in [5.74, 6) is 0.297. The van der Waals surface area contributed by atoms with Crippen molar-refractivity contribution in [2.45, 2.75) is 0 Å². The molecule has 0 bridgehead atoms. The Labute approximate surface area is 145 Å². The van der Waals surface area contributed by atoms with Gasteiger partial charge in [-0.15, -0.1) is 0 Å². The number of nitrogens with zero attached hydrogens (tertiary/aromatic N) is 1. The lowest BCUT2D eigenvalue weighted by Crippen LogP contribution is -2.14. The molecule has 0 radical (unpaired) electrons. The molecule has 0 saturated heterocycles. The fourth-order valence-electron chi connectivity index (χ4n) is 1.66. The first-order chi connectivity index (χ1) is 10.5. The van der Waals surface area contributed by atoms with E-state index in [1.54, 1.807) is 30.3 Å². The number of amides is 1. The van der Waals surface area contributed by atoms with E-state index < -0.39 is 5.91 Å². The Balaban J connectivity index is 2.25. The molecule has 0 spiro atoms. The summed E-state index contributed by atoms with van der Waals surface area (Å²) in [5.41, 5.74) is 0.294. The fraction of sp³-hybridized carbons (Fsp3) is 0.0667. The zero-order valence-electron chi connectivity index (χ0n) is 11.4. The Kier molecular flexibility index (Phi) is 5.46. The van der Waals surface area contributed by atoms with Crippen molar-refractivity contribution >= 4 is 51.9 Å². The zero-order chi connectivity index (χ0) is 16.1. The van der Waals surface area contributed by atoms with Crippen LogP contribution in [0.15, 0.2) is 40.3 Å². The van der Waals surface area contributed by atoms with Gasteiger partial charge in [-0.25, -0.2) is 0 Å². The number of furan rings is 1. The van der Waals surface area contributed by atoms with Gasteiger partial charge in [0.25, 0.3) is 5.91 Å². The Bertz CT molecular complexity index is 777. The average Bonchev–Trinajstić information content (AvgIpc) is 2.90. The number of nitrogens with one attached hydrogen (secondary N) is 1. The van der Waals surface area contributed by atoms with Crippen molar-refractivity contribution in [3.8, 4) is 11.8 Å². The molecule has 0 saturated carbocycles. The Hall–Kier alpha value is -1.98. The molecule has 0 aliphatic heterocycles. The molecule has 5 nitrogen and oxygen atoms in total. The second-order valence-corrected chi connectivity index (χ2v) is 5.61. The number of halogens is 2. The van der Waals surface area contributed by atoms with E-state index in [2.05, 4.69) is 5.32 Å². The molecule has 22 heavy (non-hydrogen) atoms. The third-order valence-electron chi connectivity index (χ3n) is 2.66. The van der Waals surface area contributed by atoms with Crippen LogP contribution in [0.2, 0.25) is 5.02 Å². The molecule has 112 valence electrons. The van der Waals surface area contributed by atoms with Gasteiger partial charge in [0, 0.05) is 11.1 Å². The van der Waals surface area contributed by atoms with Gasteiger partial charge in [0.05, 0.1) is 12.8 Å². The maximum absolute atomic E-state index is 12.2. The molecular weight excluding hydrogens is 419 g/mol. The summed E-state index contributed by atoms with van der Waals surface area (Å²) >= 11 is 7.90. The quantitative estimate of drug-likeness (QED) is 0.452. The summed E-state index contributed by atoms with van der Waals surface area (Å²) in [6.45, 7) is 0. The lowest BCUT2D eigenvalue weighted by Gasteiger charge is -2.09. The Morgan fingerprint density at radius 2 is 2.23 bits per heavy atom. The highest BCUT2D eigenvalue weighted by Gasteiger charge is 2.13. The Morgan fingerprint density at radius 1 is 1.45 bits per heavy atom. The van der Waals surface area contributed by atoms with E-state index in [1.165, 1.54) is 13.2 Å². The van der Waals surface area contributed by atoms with E-state index in [9.17, 15) is 4.79 Å². The van der Waals surface area contributed by atoms with Crippen molar-refractivity contribution < 1.29 is 13.9 Å². The van der Waals surface area contributed by atoms with E-state index in [-0.39, 0.29) is 5.57 Å². The highest BCUT2D eigenvalue weighted by molar-refractivity contribution is 14.1. The van der Waals surface area contributed by atoms with Crippen molar-refractivity contribution in [2.75, 3.05) is 12.4 Å². The molecule has 0 fully saturated rings. The van der Waals surface area contributed by atoms with E-state index in [1.807, 2.05) is 28.7 Å². The number of methoxy groups -OCH3 is 1. The normalized spacial score (nSPS) is 10.9. The minimum atomic E-state index is -0.575. The Morgan fingerprint density at radius 3 is 2.82 bits per heavy atom. The third kappa shape index (κ3) is 4.02. The highest BCUT2D eigenvalue weighted by Crippen LogP contribution is 2.28. The first-order valence-electron chi connectivity index (χ1n) is 6.05. The molecule has 0 atom stereocenters. The van der Waals surface area contributed by atoms with Crippen molar-refractivity contribution in [3.63, 3.8) is 0 Å². The minimum Gasteiger partial charge on any atom is -0.495 e. The van der Waals surface area contributed by atoms with Gasteiger partial charge in [0.1, 0.15) is 23.2 Å². The number of anilines is 1. The van der Waals surface area contributed by atoms with Crippen LogP contribution in [0.1, 0.15) is 5.76 Å². The number of hydrogen-bond donors (Lipinski definition) is 1. The SMILES string of the molecule is COc1ccc(Cl)cc1NC(=O)/C(C#N)=C/c1ccc(I)o1. The smallest absolute Gasteiger partial charge is 0.266 e. The van der Waals surface area contributed by atoms with Crippen LogP contribution in [-0.4, -0.2) is 13.0 Å². The number of carbonyl (C=O) groups excluding carboxylic acids is 1. The largest absolute Gasteiger partial charge is 0.495 e. The van der Waals surface area contributed by atoms with Gasteiger partial charge in [-0.3, -0.25) is 4.79 Å². The fourth-order valence-corrected chi connectivity index (χ4v) is 2.27. The average molecular weight is 429 g/mol. The second kappa shape index (κ2) is 7.33. The summed E-state index contributed by atoms with van der Waals surface area (Å²) < 4.78 is 11.1. The molecule has 7 heteroatoms. The minimum absolute atomic E-state index is 0.0900. The second-order valence-electron chi connectivity index (χ2n) is 4.11.